The van der Waals surface area contributed by atoms with Gasteiger partial charge in [-0.2, -0.15) is 0 Å². The molecular weight excluding hydrogens is 212 g/mol. The second-order valence-corrected chi connectivity index (χ2v) is 4.00. The molecule has 0 radical (unpaired) electrons. The molecule has 0 aliphatic heterocycles. The van der Waals surface area contributed by atoms with Gasteiger partial charge in [-0.3, -0.25) is 0 Å². The van der Waals surface area contributed by atoms with Crippen molar-refractivity contribution in [2.24, 2.45) is 5.18 Å². The van der Waals surface area contributed by atoms with Gasteiger partial charge in [0.15, 0.2) is 0 Å². The summed E-state index contributed by atoms with van der Waals surface area (Å²) >= 11 is 0. The summed E-state index contributed by atoms with van der Waals surface area (Å²) in [6.45, 7) is 0. The number of hydrogen-bond acceptors (Lipinski definition) is 3. The number of hydrogen-bond donors (Lipinski definition) is 1. The van der Waals surface area contributed by atoms with E-state index in [0.29, 0.717) is 5.69 Å². The lowest BCUT2D eigenvalue weighted by Gasteiger charge is -2.02. The van der Waals surface area contributed by atoms with E-state index in [2.05, 4.69) is 5.18 Å². The number of nitroso groups, excluding NO2 is 1. The highest BCUT2D eigenvalue weighted by molar-refractivity contribution is 5.40. The topological polar surface area (TPSA) is 55.4 Å². The van der Waals surface area contributed by atoms with Crippen LogP contribution in [-0.4, -0.2) is 0 Å². The standard InChI is InChI=1S/C14H14N2O/c15-13-7-3-11(4-8-13)1-2-12-5-9-14(16-17)10-6-12/h3-10H,1-2,15H2. The Hall–Kier alpha value is -2.16. The molecule has 0 fully saturated rings. The monoisotopic (exact) mass is 226 g/mol. The first-order valence-corrected chi connectivity index (χ1v) is 5.54. The fourth-order valence-electron chi connectivity index (χ4n) is 1.70. The van der Waals surface area contributed by atoms with E-state index >= 15 is 0 Å². The van der Waals surface area contributed by atoms with Crippen molar-refractivity contribution < 1.29 is 0 Å². The summed E-state index contributed by atoms with van der Waals surface area (Å²) in [5, 5.41) is 2.88. The Morgan fingerprint density at radius 2 is 1.29 bits per heavy atom. The van der Waals surface area contributed by atoms with Crippen LogP contribution in [0.1, 0.15) is 11.1 Å². The van der Waals surface area contributed by atoms with Gasteiger partial charge in [0.1, 0.15) is 5.69 Å². The normalized spacial score (nSPS) is 10.1. The first kappa shape index (κ1) is 11.3. The minimum Gasteiger partial charge on any atom is -0.399 e. The largest absolute Gasteiger partial charge is 0.399 e. The van der Waals surface area contributed by atoms with Gasteiger partial charge in [0, 0.05) is 5.69 Å². The fraction of sp³-hybridized carbons (Fsp3) is 0.143. The van der Waals surface area contributed by atoms with Gasteiger partial charge >= 0.3 is 0 Å². The van der Waals surface area contributed by atoms with Crippen LogP contribution in [-0.2, 0) is 12.8 Å². The Labute approximate surface area is 100 Å². The van der Waals surface area contributed by atoms with Crippen LogP contribution in [0.4, 0.5) is 11.4 Å². The van der Waals surface area contributed by atoms with Crippen LogP contribution in [0.2, 0.25) is 0 Å². The third-order valence-corrected chi connectivity index (χ3v) is 2.72. The Morgan fingerprint density at radius 1 is 0.824 bits per heavy atom. The minimum absolute atomic E-state index is 0.473. The molecule has 3 heteroatoms. The molecule has 0 unspecified atom stereocenters. The molecular formula is C14H14N2O. The Balaban J connectivity index is 1.97. The van der Waals surface area contributed by atoms with E-state index in [1.54, 1.807) is 12.1 Å². The third kappa shape index (κ3) is 3.14. The predicted octanol–water partition coefficient (Wildman–Crippen LogP) is 3.45. The summed E-state index contributed by atoms with van der Waals surface area (Å²) in [6, 6.07) is 15.3. The molecule has 2 aromatic carbocycles. The zero-order chi connectivity index (χ0) is 12.1. The number of aryl methyl sites for hydroxylation is 2. The minimum atomic E-state index is 0.473. The maximum Gasteiger partial charge on any atom is 0.108 e. The van der Waals surface area contributed by atoms with E-state index in [1.165, 1.54) is 11.1 Å². The van der Waals surface area contributed by atoms with E-state index < -0.39 is 0 Å². The first-order chi connectivity index (χ1) is 8.28. The lowest BCUT2D eigenvalue weighted by Crippen LogP contribution is -1.92. The van der Waals surface area contributed by atoms with Gasteiger partial charge in [0.25, 0.3) is 0 Å². The molecule has 0 atom stereocenters. The van der Waals surface area contributed by atoms with Crippen molar-refractivity contribution >= 4 is 11.4 Å². The number of benzene rings is 2. The van der Waals surface area contributed by atoms with Crippen molar-refractivity contribution in [3.63, 3.8) is 0 Å². The van der Waals surface area contributed by atoms with Crippen LogP contribution in [0.5, 0.6) is 0 Å². The predicted molar refractivity (Wildman–Crippen MR) is 70.2 cm³/mol. The second kappa shape index (κ2) is 5.25. The number of anilines is 1. The maximum atomic E-state index is 10.3. The molecule has 2 N–H and O–H groups in total. The van der Waals surface area contributed by atoms with Gasteiger partial charge < -0.3 is 5.73 Å². The van der Waals surface area contributed by atoms with Crippen molar-refractivity contribution in [1.29, 1.82) is 0 Å². The van der Waals surface area contributed by atoms with Gasteiger partial charge in [-0.25, -0.2) is 0 Å². The lowest BCUT2D eigenvalue weighted by atomic mass is 10.0. The Kier molecular flexibility index (Phi) is 3.50. The molecule has 0 saturated carbocycles. The van der Waals surface area contributed by atoms with Gasteiger partial charge in [0.05, 0.1) is 0 Å². The summed E-state index contributed by atoms with van der Waals surface area (Å²) < 4.78 is 0. The average Bonchev–Trinajstić information content (AvgIpc) is 2.39. The SMILES string of the molecule is Nc1ccc(CCc2ccc(N=O)cc2)cc1. The van der Waals surface area contributed by atoms with Crippen LogP contribution in [0.15, 0.2) is 53.7 Å². The van der Waals surface area contributed by atoms with Gasteiger partial charge in [0.2, 0.25) is 0 Å². The summed E-state index contributed by atoms with van der Waals surface area (Å²) in [5.41, 5.74) is 9.35. The number of nitrogen functional groups attached to an aromatic ring is 1. The zero-order valence-corrected chi connectivity index (χ0v) is 9.47. The van der Waals surface area contributed by atoms with E-state index in [9.17, 15) is 4.91 Å². The molecule has 0 heterocycles. The number of nitrogens with zero attached hydrogens (tertiary/aromatic N) is 1. The van der Waals surface area contributed by atoms with Crippen molar-refractivity contribution in [3.8, 4) is 0 Å². The Morgan fingerprint density at radius 3 is 1.76 bits per heavy atom. The van der Waals surface area contributed by atoms with E-state index in [0.717, 1.165) is 18.5 Å². The van der Waals surface area contributed by atoms with E-state index in [-0.39, 0.29) is 0 Å². The Bertz CT molecular complexity index is 489. The van der Waals surface area contributed by atoms with Crippen LogP contribution in [0.25, 0.3) is 0 Å². The van der Waals surface area contributed by atoms with Crippen molar-refractivity contribution in [3.05, 3.63) is 64.6 Å². The molecule has 0 amide bonds. The van der Waals surface area contributed by atoms with Crippen LogP contribution < -0.4 is 5.73 Å². The molecule has 3 nitrogen and oxygen atoms in total. The van der Waals surface area contributed by atoms with E-state index in [4.69, 9.17) is 5.73 Å². The van der Waals surface area contributed by atoms with Gasteiger partial charge in [-0.05, 0) is 53.4 Å². The lowest BCUT2D eigenvalue weighted by molar-refractivity contribution is 0.960. The summed E-state index contributed by atoms with van der Waals surface area (Å²) in [5.74, 6) is 0. The molecule has 0 saturated heterocycles. The molecule has 0 bridgehead atoms. The highest BCUT2D eigenvalue weighted by atomic mass is 16.3. The molecule has 86 valence electrons. The third-order valence-electron chi connectivity index (χ3n) is 2.72. The maximum absolute atomic E-state index is 10.3. The van der Waals surface area contributed by atoms with Crippen molar-refractivity contribution in [2.45, 2.75) is 12.8 Å². The van der Waals surface area contributed by atoms with E-state index in [1.807, 2.05) is 36.4 Å². The molecule has 17 heavy (non-hydrogen) atoms. The van der Waals surface area contributed by atoms with Crippen LogP contribution in [0, 0.1) is 4.91 Å². The molecule has 2 aromatic rings. The first-order valence-electron chi connectivity index (χ1n) is 5.54. The fourth-order valence-corrected chi connectivity index (χ4v) is 1.70. The second-order valence-electron chi connectivity index (χ2n) is 4.00. The molecule has 0 aliphatic carbocycles. The number of rotatable bonds is 4. The number of nitrogens with two attached hydrogens (primary N) is 1. The smallest absolute Gasteiger partial charge is 0.108 e. The summed E-state index contributed by atoms with van der Waals surface area (Å²) in [6.07, 6.45) is 1.91. The summed E-state index contributed by atoms with van der Waals surface area (Å²) in [4.78, 5) is 10.3. The van der Waals surface area contributed by atoms with Gasteiger partial charge in [-0.15, -0.1) is 4.91 Å². The van der Waals surface area contributed by atoms with Gasteiger partial charge in [-0.1, -0.05) is 24.3 Å². The average molecular weight is 226 g/mol. The highest BCUT2D eigenvalue weighted by Crippen LogP contribution is 2.14. The van der Waals surface area contributed by atoms with Crippen LogP contribution >= 0.6 is 0 Å². The zero-order valence-electron chi connectivity index (χ0n) is 9.47. The quantitative estimate of drug-likeness (QED) is 0.641. The molecule has 0 aromatic heterocycles. The molecule has 2 rings (SSSR count). The molecule has 0 spiro atoms. The van der Waals surface area contributed by atoms with Crippen molar-refractivity contribution in [1.82, 2.24) is 0 Å². The highest BCUT2D eigenvalue weighted by Gasteiger charge is 1.97. The van der Waals surface area contributed by atoms with Crippen molar-refractivity contribution in [2.75, 3.05) is 5.73 Å². The summed E-state index contributed by atoms with van der Waals surface area (Å²) in [7, 11) is 0. The van der Waals surface area contributed by atoms with Crippen LogP contribution in [0.3, 0.4) is 0 Å². The molecule has 0 aliphatic rings.